The van der Waals surface area contributed by atoms with Crippen LogP contribution in [0.4, 0.5) is 0 Å². The molecule has 1 aliphatic carbocycles. The second-order valence-corrected chi connectivity index (χ2v) is 4.44. The summed E-state index contributed by atoms with van der Waals surface area (Å²) in [4.78, 5) is 0. The zero-order valence-corrected chi connectivity index (χ0v) is 8.98. The van der Waals surface area contributed by atoms with Crippen LogP contribution in [0.5, 0.6) is 0 Å². The fraction of sp³-hybridized carbons (Fsp3) is 1.00. The molecule has 1 heterocycles. The zero-order chi connectivity index (χ0) is 9.19. The summed E-state index contributed by atoms with van der Waals surface area (Å²) in [6.45, 7) is 9.94. The fourth-order valence-corrected chi connectivity index (χ4v) is 1.99. The van der Waals surface area contributed by atoms with E-state index < -0.39 is 0 Å². The van der Waals surface area contributed by atoms with Gasteiger partial charge in [-0.2, -0.15) is 0 Å². The highest BCUT2D eigenvalue weighted by atomic mass is 15.0. The SMILES string of the molecule is CC.CC(C)C1CC2(CC2)CN1. The Bertz CT molecular complexity index is 136. The van der Waals surface area contributed by atoms with Crippen LogP contribution in [0, 0.1) is 11.3 Å². The van der Waals surface area contributed by atoms with Crippen LogP contribution in [0.2, 0.25) is 0 Å². The molecule has 1 saturated carbocycles. The Morgan fingerprint density at radius 3 is 2.08 bits per heavy atom. The summed E-state index contributed by atoms with van der Waals surface area (Å²) in [5, 5.41) is 3.61. The van der Waals surface area contributed by atoms with E-state index in [1.165, 1.54) is 25.8 Å². The van der Waals surface area contributed by atoms with E-state index in [-0.39, 0.29) is 0 Å². The highest BCUT2D eigenvalue weighted by molar-refractivity contribution is 5.03. The predicted molar refractivity (Wildman–Crippen MR) is 54.3 cm³/mol. The maximum atomic E-state index is 3.61. The van der Waals surface area contributed by atoms with E-state index in [2.05, 4.69) is 19.2 Å². The molecule has 72 valence electrons. The molecule has 1 heteroatoms. The molecule has 2 fully saturated rings. The van der Waals surface area contributed by atoms with Crippen molar-refractivity contribution in [3.05, 3.63) is 0 Å². The number of hydrogen-bond acceptors (Lipinski definition) is 1. The molecular formula is C11H23N. The lowest BCUT2D eigenvalue weighted by molar-refractivity contribution is 0.435. The largest absolute Gasteiger partial charge is 0.313 e. The van der Waals surface area contributed by atoms with Gasteiger partial charge in [-0.3, -0.25) is 0 Å². The lowest BCUT2D eigenvalue weighted by atomic mass is 9.96. The quantitative estimate of drug-likeness (QED) is 0.636. The van der Waals surface area contributed by atoms with Crippen LogP contribution in [-0.4, -0.2) is 12.6 Å². The molecule has 0 aromatic rings. The van der Waals surface area contributed by atoms with Gasteiger partial charge in [0.1, 0.15) is 0 Å². The van der Waals surface area contributed by atoms with E-state index in [0.717, 1.165) is 17.4 Å². The maximum absolute atomic E-state index is 3.61. The minimum atomic E-state index is 0.787. The van der Waals surface area contributed by atoms with Gasteiger partial charge in [-0.1, -0.05) is 27.7 Å². The molecule has 0 amide bonds. The Hall–Kier alpha value is -0.0400. The average molecular weight is 169 g/mol. The molecule has 1 nitrogen and oxygen atoms in total. The summed E-state index contributed by atoms with van der Waals surface area (Å²) in [5.74, 6) is 0.833. The molecule has 1 aliphatic heterocycles. The van der Waals surface area contributed by atoms with Crippen molar-refractivity contribution >= 4 is 0 Å². The van der Waals surface area contributed by atoms with Crippen LogP contribution in [0.15, 0.2) is 0 Å². The lowest BCUT2D eigenvalue weighted by Gasteiger charge is -2.13. The van der Waals surface area contributed by atoms with Crippen molar-refractivity contribution in [3.63, 3.8) is 0 Å². The maximum Gasteiger partial charge on any atom is 0.00960 e. The fourth-order valence-electron chi connectivity index (χ4n) is 1.99. The average Bonchev–Trinajstić information content (AvgIpc) is 2.65. The number of nitrogens with one attached hydrogen (secondary N) is 1. The van der Waals surface area contributed by atoms with Gasteiger partial charge in [-0.25, -0.2) is 0 Å². The molecule has 1 N–H and O–H groups in total. The van der Waals surface area contributed by atoms with Crippen molar-refractivity contribution in [1.82, 2.24) is 5.32 Å². The van der Waals surface area contributed by atoms with Gasteiger partial charge in [0, 0.05) is 12.6 Å². The molecule has 1 unspecified atom stereocenters. The van der Waals surface area contributed by atoms with Gasteiger partial charge in [-0.05, 0) is 30.6 Å². The molecule has 0 radical (unpaired) electrons. The van der Waals surface area contributed by atoms with E-state index in [9.17, 15) is 0 Å². The molecule has 1 atom stereocenters. The molecule has 2 aliphatic rings. The first-order valence-corrected chi connectivity index (χ1v) is 5.45. The van der Waals surface area contributed by atoms with E-state index in [4.69, 9.17) is 0 Å². The van der Waals surface area contributed by atoms with Crippen LogP contribution < -0.4 is 5.32 Å². The summed E-state index contributed by atoms with van der Waals surface area (Å²) < 4.78 is 0. The van der Waals surface area contributed by atoms with Crippen molar-refractivity contribution in [2.24, 2.45) is 11.3 Å². The third-order valence-corrected chi connectivity index (χ3v) is 3.15. The Labute approximate surface area is 76.9 Å². The first-order chi connectivity index (χ1) is 5.72. The Balaban J connectivity index is 0.000000336. The minimum absolute atomic E-state index is 0.787. The van der Waals surface area contributed by atoms with Crippen molar-refractivity contribution in [3.8, 4) is 0 Å². The van der Waals surface area contributed by atoms with Crippen LogP contribution in [-0.2, 0) is 0 Å². The van der Waals surface area contributed by atoms with Crippen LogP contribution >= 0.6 is 0 Å². The molecular weight excluding hydrogens is 146 g/mol. The molecule has 12 heavy (non-hydrogen) atoms. The van der Waals surface area contributed by atoms with Crippen molar-refractivity contribution in [2.45, 2.75) is 53.0 Å². The Kier molecular flexibility index (Phi) is 3.16. The Morgan fingerprint density at radius 2 is 1.83 bits per heavy atom. The van der Waals surface area contributed by atoms with Gasteiger partial charge >= 0.3 is 0 Å². The molecule has 0 aromatic heterocycles. The highest BCUT2D eigenvalue weighted by Gasteiger charge is 2.48. The van der Waals surface area contributed by atoms with E-state index >= 15 is 0 Å². The summed E-state index contributed by atoms with van der Waals surface area (Å²) in [6, 6.07) is 0.822. The van der Waals surface area contributed by atoms with E-state index in [1.54, 1.807) is 0 Å². The number of rotatable bonds is 1. The smallest absolute Gasteiger partial charge is 0.00960 e. The third-order valence-electron chi connectivity index (χ3n) is 3.15. The third kappa shape index (κ3) is 2.01. The number of hydrogen-bond donors (Lipinski definition) is 1. The van der Waals surface area contributed by atoms with Gasteiger partial charge in [0.25, 0.3) is 0 Å². The standard InChI is InChI=1S/C9H17N.C2H6/c1-7(2)8-5-9(3-4-9)6-10-8;1-2/h7-8,10H,3-6H2,1-2H3;1-2H3. The molecule has 1 spiro atoms. The summed E-state index contributed by atoms with van der Waals surface area (Å²) in [5.41, 5.74) is 0.787. The van der Waals surface area contributed by atoms with Crippen LogP contribution in [0.1, 0.15) is 47.0 Å². The van der Waals surface area contributed by atoms with Gasteiger partial charge in [0.2, 0.25) is 0 Å². The Morgan fingerprint density at radius 1 is 1.25 bits per heavy atom. The zero-order valence-electron chi connectivity index (χ0n) is 8.98. The van der Waals surface area contributed by atoms with E-state index in [0.29, 0.717) is 0 Å². The summed E-state index contributed by atoms with van der Waals surface area (Å²) in [6.07, 6.45) is 4.43. The van der Waals surface area contributed by atoms with Crippen molar-refractivity contribution < 1.29 is 0 Å². The minimum Gasteiger partial charge on any atom is -0.313 e. The van der Waals surface area contributed by atoms with Crippen molar-refractivity contribution in [2.75, 3.05) is 6.54 Å². The molecule has 2 rings (SSSR count). The first kappa shape index (κ1) is 10.0. The summed E-state index contributed by atoms with van der Waals surface area (Å²) >= 11 is 0. The normalized spacial score (nSPS) is 30.2. The van der Waals surface area contributed by atoms with Gasteiger partial charge in [-0.15, -0.1) is 0 Å². The van der Waals surface area contributed by atoms with Gasteiger partial charge < -0.3 is 5.32 Å². The summed E-state index contributed by atoms with van der Waals surface area (Å²) in [7, 11) is 0. The van der Waals surface area contributed by atoms with Crippen LogP contribution in [0.25, 0.3) is 0 Å². The first-order valence-electron chi connectivity index (χ1n) is 5.45. The second kappa shape index (κ2) is 3.78. The predicted octanol–water partition coefficient (Wildman–Crippen LogP) is 2.81. The van der Waals surface area contributed by atoms with Crippen LogP contribution in [0.3, 0.4) is 0 Å². The topological polar surface area (TPSA) is 12.0 Å². The molecule has 1 saturated heterocycles. The highest BCUT2D eigenvalue weighted by Crippen LogP contribution is 2.52. The van der Waals surface area contributed by atoms with Gasteiger partial charge in [0.05, 0.1) is 0 Å². The molecule has 0 bridgehead atoms. The van der Waals surface area contributed by atoms with Crippen molar-refractivity contribution in [1.29, 1.82) is 0 Å². The lowest BCUT2D eigenvalue weighted by Crippen LogP contribution is -2.26. The van der Waals surface area contributed by atoms with Gasteiger partial charge in [0.15, 0.2) is 0 Å². The van der Waals surface area contributed by atoms with E-state index in [1.807, 2.05) is 13.8 Å². The second-order valence-electron chi connectivity index (χ2n) is 4.44. The monoisotopic (exact) mass is 169 g/mol. The molecule has 0 aromatic carbocycles.